The van der Waals surface area contributed by atoms with Crippen LogP contribution in [0.15, 0.2) is 30.3 Å². The Morgan fingerprint density at radius 3 is 2.79 bits per heavy atom. The van der Waals surface area contributed by atoms with Crippen molar-refractivity contribution in [3.63, 3.8) is 0 Å². The molecule has 1 unspecified atom stereocenters. The van der Waals surface area contributed by atoms with Crippen molar-refractivity contribution in [2.24, 2.45) is 5.41 Å². The third-order valence-corrected chi connectivity index (χ3v) is 3.85. The molecule has 1 aromatic rings. The molecule has 1 aliphatic heterocycles. The van der Waals surface area contributed by atoms with Crippen LogP contribution in [0.25, 0.3) is 0 Å². The number of hydrogen-bond donors (Lipinski definition) is 1. The van der Waals surface area contributed by atoms with Crippen molar-refractivity contribution in [1.82, 2.24) is 5.32 Å². The predicted octanol–water partition coefficient (Wildman–Crippen LogP) is 2.90. The molecule has 104 valence electrons. The van der Waals surface area contributed by atoms with Crippen molar-refractivity contribution in [3.05, 3.63) is 35.9 Å². The van der Waals surface area contributed by atoms with Gasteiger partial charge in [0.1, 0.15) is 6.61 Å². The third kappa shape index (κ3) is 3.57. The highest BCUT2D eigenvalue weighted by atomic mass is 16.5. The molecule has 0 bridgehead atoms. The molecule has 0 amide bonds. The molecule has 19 heavy (non-hydrogen) atoms. The summed E-state index contributed by atoms with van der Waals surface area (Å²) in [5.41, 5.74) is 0.744. The summed E-state index contributed by atoms with van der Waals surface area (Å²) in [4.78, 5) is 12.4. The first kappa shape index (κ1) is 14.1. The van der Waals surface area contributed by atoms with E-state index in [-0.39, 0.29) is 11.4 Å². The molecule has 1 heterocycles. The summed E-state index contributed by atoms with van der Waals surface area (Å²) in [6, 6.07) is 9.87. The first-order valence-corrected chi connectivity index (χ1v) is 7.19. The molecule has 0 aliphatic carbocycles. The Bertz CT molecular complexity index is 391. The molecule has 3 nitrogen and oxygen atoms in total. The van der Waals surface area contributed by atoms with Crippen LogP contribution in [0.4, 0.5) is 0 Å². The molecular formula is C16H23NO2. The fourth-order valence-electron chi connectivity index (χ4n) is 2.81. The zero-order chi connectivity index (χ0) is 13.6. The summed E-state index contributed by atoms with van der Waals surface area (Å²) >= 11 is 0. The summed E-state index contributed by atoms with van der Waals surface area (Å²) in [5.74, 6) is -0.0367. The maximum atomic E-state index is 12.4. The van der Waals surface area contributed by atoms with Crippen molar-refractivity contribution in [1.29, 1.82) is 0 Å². The van der Waals surface area contributed by atoms with E-state index >= 15 is 0 Å². The maximum Gasteiger partial charge on any atom is 0.313 e. The van der Waals surface area contributed by atoms with Crippen LogP contribution in [-0.2, 0) is 16.1 Å². The van der Waals surface area contributed by atoms with E-state index < -0.39 is 0 Å². The van der Waals surface area contributed by atoms with Crippen LogP contribution in [0, 0.1) is 5.41 Å². The highest BCUT2D eigenvalue weighted by Crippen LogP contribution is 2.33. The molecule has 1 atom stereocenters. The molecule has 1 aliphatic rings. The van der Waals surface area contributed by atoms with E-state index in [4.69, 9.17) is 4.74 Å². The number of carbonyl (C=O) groups excluding carboxylic acids is 1. The molecule has 1 fully saturated rings. The van der Waals surface area contributed by atoms with Gasteiger partial charge in [-0.2, -0.15) is 0 Å². The van der Waals surface area contributed by atoms with E-state index in [1.165, 1.54) is 0 Å². The number of carbonyl (C=O) groups is 1. The van der Waals surface area contributed by atoms with Crippen LogP contribution < -0.4 is 5.32 Å². The molecule has 0 saturated carbocycles. The van der Waals surface area contributed by atoms with E-state index in [1.54, 1.807) is 0 Å². The van der Waals surface area contributed by atoms with Crippen LogP contribution >= 0.6 is 0 Å². The Morgan fingerprint density at radius 1 is 1.37 bits per heavy atom. The molecule has 2 rings (SSSR count). The van der Waals surface area contributed by atoms with Gasteiger partial charge in [-0.05, 0) is 31.4 Å². The standard InChI is InChI=1S/C16H23NO2/c1-2-9-16(10-6-11-17-13-16)15(18)19-12-14-7-4-3-5-8-14/h3-5,7-8,17H,2,6,9-13H2,1H3. The van der Waals surface area contributed by atoms with E-state index in [9.17, 15) is 4.79 Å². The van der Waals surface area contributed by atoms with Crippen LogP contribution in [0.2, 0.25) is 0 Å². The van der Waals surface area contributed by atoms with Crippen molar-refractivity contribution < 1.29 is 9.53 Å². The Hall–Kier alpha value is -1.35. The largest absolute Gasteiger partial charge is 0.460 e. The first-order valence-electron chi connectivity index (χ1n) is 7.19. The van der Waals surface area contributed by atoms with Crippen LogP contribution in [0.3, 0.4) is 0 Å². The molecule has 1 N–H and O–H groups in total. The smallest absolute Gasteiger partial charge is 0.313 e. The number of piperidine rings is 1. The third-order valence-electron chi connectivity index (χ3n) is 3.85. The first-order chi connectivity index (χ1) is 9.27. The van der Waals surface area contributed by atoms with Gasteiger partial charge in [0, 0.05) is 6.54 Å². The second kappa shape index (κ2) is 6.71. The number of ether oxygens (including phenoxy) is 1. The number of esters is 1. The summed E-state index contributed by atoms with van der Waals surface area (Å²) in [6.45, 7) is 4.28. The van der Waals surface area contributed by atoms with Crippen LogP contribution in [-0.4, -0.2) is 19.1 Å². The maximum absolute atomic E-state index is 12.4. The summed E-state index contributed by atoms with van der Waals surface area (Å²) < 4.78 is 5.54. The highest BCUT2D eigenvalue weighted by Gasteiger charge is 2.40. The van der Waals surface area contributed by atoms with Crippen molar-refractivity contribution in [3.8, 4) is 0 Å². The van der Waals surface area contributed by atoms with Gasteiger partial charge < -0.3 is 10.1 Å². The van der Waals surface area contributed by atoms with E-state index in [1.807, 2.05) is 30.3 Å². The highest BCUT2D eigenvalue weighted by molar-refractivity contribution is 5.77. The monoisotopic (exact) mass is 261 g/mol. The number of nitrogens with one attached hydrogen (secondary N) is 1. The van der Waals surface area contributed by atoms with Gasteiger partial charge in [0.15, 0.2) is 0 Å². The Kier molecular flexibility index (Phi) is 4.97. The van der Waals surface area contributed by atoms with E-state index in [2.05, 4.69) is 12.2 Å². The fourth-order valence-corrected chi connectivity index (χ4v) is 2.81. The van der Waals surface area contributed by atoms with Gasteiger partial charge in [-0.15, -0.1) is 0 Å². The molecule has 3 heteroatoms. The normalized spacial score (nSPS) is 23.0. The lowest BCUT2D eigenvalue weighted by atomic mass is 9.77. The average molecular weight is 261 g/mol. The molecule has 1 saturated heterocycles. The molecule has 0 aromatic heterocycles. The topological polar surface area (TPSA) is 38.3 Å². The lowest BCUT2D eigenvalue weighted by molar-refractivity contribution is -0.159. The summed E-state index contributed by atoms with van der Waals surface area (Å²) in [7, 11) is 0. The lowest BCUT2D eigenvalue weighted by Gasteiger charge is -2.35. The fraction of sp³-hybridized carbons (Fsp3) is 0.562. The lowest BCUT2D eigenvalue weighted by Crippen LogP contribution is -2.46. The van der Waals surface area contributed by atoms with Gasteiger partial charge in [-0.25, -0.2) is 0 Å². The van der Waals surface area contributed by atoms with Gasteiger partial charge in [0.05, 0.1) is 5.41 Å². The minimum atomic E-state index is -0.304. The number of benzene rings is 1. The van der Waals surface area contributed by atoms with Gasteiger partial charge in [-0.3, -0.25) is 4.79 Å². The quantitative estimate of drug-likeness (QED) is 0.828. The van der Waals surface area contributed by atoms with Crippen molar-refractivity contribution in [2.45, 2.75) is 39.2 Å². The summed E-state index contributed by atoms with van der Waals surface area (Å²) in [5, 5.41) is 3.34. The molecule has 0 spiro atoms. The van der Waals surface area contributed by atoms with Gasteiger partial charge >= 0.3 is 5.97 Å². The molecule has 0 radical (unpaired) electrons. The summed E-state index contributed by atoms with van der Waals surface area (Å²) in [6.07, 6.45) is 3.93. The van der Waals surface area contributed by atoms with E-state index in [0.29, 0.717) is 6.61 Å². The minimum absolute atomic E-state index is 0.0367. The number of rotatable bonds is 5. The molecular weight excluding hydrogens is 238 g/mol. The van der Waals surface area contributed by atoms with Gasteiger partial charge in [-0.1, -0.05) is 43.7 Å². The van der Waals surface area contributed by atoms with E-state index in [0.717, 1.165) is 44.3 Å². The number of hydrogen-bond acceptors (Lipinski definition) is 3. The SMILES string of the molecule is CCCC1(C(=O)OCc2ccccc2)CCCNC1. The zero-order valence-electron chi connectivity index (χ0n) is 11.7. The van der Waals surface area contributed by atoms with Crippen molar-refractivity contribution >= 4 is 5.97 Å². The second-order valence-electron chi connectivity index (χ2n) is 5.37. The Balaban J connectivity index is 1.96. The molecule has 1 aromatic carbocycles. The zero-order valence-corrected chi connectivity index (χ0v) is 11.7. The van der Waals surface area contributed by atoms with Crippen LogP contribution in [0.5, 0.6) is 0 Å². The Labute approximate surface area is 115 Å². The predicted molar refractivity (Wildman–Crippen MR) is 75.7 cm³/mol. The average Bonchev–Trinajstić information content (AvgIpc) is 2.47. The van der Waals surface area contributed by atoms with Crippen molar-refractivity contribution in [2.75, 3.05) is 13.1 Å². The van der Waals surface area contributed by atoms with Crippen LogP contribution in [0.1, 0.15) is 38.2 Å². The minimum Gasteiger partial charge on any atom is -0.460 e. The second-order valence-corrected chi connectivity index (χ2v) is 5.37. The van der Waals surface area contributed by atoms with Gasteiger partial charge in [0.25, 0.3) is 0 Å². The van der Waals surface area contributed by atoms with Gasteiger partial charge in [0.2, 0.25) is 0 Å². The Morgan fingerprint density at radius 2 is 2.16 bits per heavy atom.